The summed E-state index contributed by atoms with van der Waals surface area (Å²) < 4.78 is 0. The first kappa shape index (κ1) is 49.6. The number of fused-ring (bicyclic) bond motifs is 1. The zero-order valence-electron chi connectivity index (χ0n) is 38.1. The number of nitrogens with two attached hydrogens (primary N) is 2. The summed E-state index contributed by atoms with van der Waals surface area (Å²) >= 11 is 0. The van der Waals surface area contributed by atoms with Gasteiger partial charge in [-0.2, -0.15) is 0 Å². The number of carboxylic acids is 2. The molecular weight excluding hydrogens is 845 g/mol. The molecule has 0 aliphatic heterocycles. The van der Waals surface area contributed by atoms with Crippen LogP contribution in [0.2, 0.25) is 0 Å². The fraction of sp³-hybridized carbons (Fsp3) is 0.571. The smallest absolute Gasteiger partial charge is 0.305 e. The number of aromatic nitrogens is 1. The Labute approximate surface area is 385 Å². The number of benzene rings is 2. The zero-order chi connectivity index (χ0) is 47.5. The molecule has 358 valence electrons. The van der Waals surface area contributed by atoms with E-state index in [-0.39, 0.29) is 63.1 Å². The molecule has 1 aromatic heterocycles. The molecule has 4 aliphatic carbocycles. The Morgan fingerprint density at radius 3 is 1.97 bits per heavy atom. The second kappa shape index (κ2) is 23.1. The van der Waals surface area contributed by atoms with Gasteiger partial charge in [-0.1, -0.05) is 62.4 Å². The maximum atomic E-state index is 14.7. The molecule has 0 spiro atoms. The number of carboxylic acid groups (broad SMARTS) is 2. The number of primary amides is 1. The lowest BCUT2D eigenvalue weighted by molar-refractivity contribution is -0.143. The van der Waals surface area contributed by atoms with Gasteiger partial charge in [-0.15, -0.1) is 0 Å². The minimum Gasteiger partial charge on any atom is -0.481 e. The minimum atomic E-state index is -1.42. The summed E-state index contributed by atoms with van der Waals surface area (Å²) in [5, 5.41) is 31.1. The molecule has 0 radical (unpaired) electrons. The van der Waals surface area contributed by atoms with Crippen molar-refractivity contribution in [3.63, 3.8) is 0 Å². The molecule has 4 aliphatic rings. The van der Waals surface area contributed by atoms with Crippen LogP contribution in [-0.2, 0) is 46.4 Å². The number of carbonyl (C=O) groups is 7. The molecule has 5 amide bonds. The Balaban J connectivity index is 1.27. The number of para-hydroxylation sites is 1. The third kappa shape index (κ3) is 13.9. The molecule has 66 heavy (non-hydrogen) atoms. The number of hydrogen-bond donors (Lipinski definition) is 9. The van der Waals surface area contributed by atoms with E-state index in [2.05, 4.69) is 40.1 Å². The fourth-order valence-corrected chi connectivity index (χ4v) is 11.0. The Kier molecular flexibility index (Phi) is 17.4. The highest BCUT2D eigenvalue weighted by molar-refractivity contribution is 5.96. The summed E-state index contributed by atoms with van der Waals surface area (Å²) in [7, 11) is 0. The van der Waals surface area contributed by atoms with E-state index in [0.29, 0.717) is 47.8 Å². The van der Waals surface area contributed by atoms with Gasteiger partial charge in [-0.25, -0.2) is 0 Å². The molecule has 0 saturated heterocycles. The fourth-order valence-electron chi connectivity index (χ4n) is 11.0. The van der Waals surface area contributed by atoms with Crippen molar-refractivity contribution in [2.75, 3.05) is 19.6 Å². The van der Waals surface area contributed by atoms with Crippen LogP contribution in [0.5, 0.6) is 0 Å². The maximum Gasteiger partial charge on any atom is 0.305 e. The molecule has 17 nitrogen and oxygen atoms in total. The summed E-state index contributed by atoms with van der Waals surface area (Å²) in [5.41, 5.74) is 14.4. The molecule has 7 rings (SSSR count). The molecule has 4 saturated carbocycles. The minimum absolute atomic E-state index is 0.0440. The molecular formula is C49H68N8O9. The van der Waals surface area contributed by atoms with Gasteiger partial charge in [0.05, 0.1) is 18.9 Å². The number of nitrogens with one attached hydrogen (secondary N) is 5. The standard InChI is InChI=1S/C49H68N8O9/c1-28(2)16-35(50)26-57(27-37-32-18-30-17-31(20-32)21-33(37)19-30)42(24-45(61)62)49(66)54-39(12-13-43(51)58)47(64)56-41(23-34-25-53-38-11-7-6-10-36(34)38)48(65)55-40(22-29-8-4-3-5-9-29)46(63)52-15-14-44(59)60/h3-11,25,28,30-33,35,37,39-42,53H,12-24,26-27,50H2,1-2H3,(H2,51,58)(H,52,63)(H,54,66)(H,55,65)(H,56,64)(H,59,60)(H,61,62)/t30?,31?,32?,33?,35-,37?,39-,40-,41-,42-/m0/s1. The van der Waals surface area contributed by atoms with E-state index in [9.17, 15) is 43.8 Å². The predicted molar refractivity (Wildman–Crippen MR) is 247 cm³/mol. The van der Waals surface area contributed by atoms with E-state index in [1.165, 1.54) is 6.42 Å². The monoisotopic (exact) mass is 913 g/mol. The van der Waals surface area contributed by atoms with Crippen LogP contribution in [0.4, 0.5) is 0 Å². The molecule has 2 aromatic carbocycles. The molecule has 4 bridgehead atoms. The topological polar surface area (TPSA) is 279 Å². The lowest BCUT2D eigenvalue weighted by Gasteiger charge is -2.55. The van der Waals surface area contributed by atoms with Gasteiger partial charge in [0, 0.05) is 62.0 Å². The van der Waals surface area contributed by atoms with Crippen LogP contribution >= 0.6 is 0 Å². The average Bonchev–Trinajstić information content (AvgIpc) is 3.66. The van der Waals surface area contributed by atoms with Crippen LogP contribution in [0, 0.1) is 35.5 Å². The molecule has 0 unspecified atom stereocenters. The number of rotatable bonds is 26. The zero-order valence-corrected chi connectivity index (χ0v) is 38.1. The van der Waals surface area contributed by atoms with E-state index >= 15 is 0 Å². The summed E-state index contributed by atoms with van der Waals surface area (Å²) in [4.78, 5) is 98.3. The van der Waals surface area contributed by atoms with Crippen molar-refractivity contribution < 1.29 is 43.8 Å². The first-order valence-corrected chi connectivity index (χ1v) is 23.5. The lowest BCUT2D eigenvalue weighted by Crippen LogP contribution is -2.60. The van der Waals surface area contributed by atoms with E-state index in [1.54, 1.807) is 36.5 Å². The third-order valence-electron chi connectivity index (χ3n) is 13.8. The quantitative estimate of drug-likeness (QED) is 0.0565. The molecule has 17 heteroatoms. The number of nitrogens with zero attached hydrogens (tertiary/aromatic N) is 1. The van der Waals surface area contributed by atoms with E-state index in [0.717, 1.165) is 36.6 Å². The third-order valence-corrected chi connectivity index (χ3v) is 13.8. The van der Waals surface area contributed by atoms with Crippen molar-refractivity contribution >= 4 is 52.4 Å². The van der Waals surface area contributed by atoms with Gasteiger partial charge in [0.1, 0.15) is 18.1 Å². The van der Waals surface area contributed by atoms with Crippen molar-refractivity contribution in [2.24, 2.45) is 47.0 Å². The van der Waals surface area contributed by atoms with Crippen molar-refractivity contribution in [1.82, 2.24) is 31.2 Å². The second-order valence-corrected chi connectivity index (χ2v) is 19.4. The number of aromatic amines is 1. The lowest BCUT2D eigenvalue weighted by atomic mass is 9.52. The van der Waals surface area contributed by atoms with Crippen LogP contribution in [-0.4, -0.2) is 111 Å². The van der Waals surface area contributed by atoms with Crippen LogP contribution in [0.1, 0.15) is 89.2 Å². The SMILES string of the molecule is CC(C)C[C@H](N)CN(CC1C2CC3CC(C2)CC1C3)[C@@H](CC(=O)O)C(=O)N[C@@H](CCC(N)=O)C(=O)N[C@@H](Cc1c[nH]c2ccccc12)C(=O)N[C@@H](Cc1ccccc1)C(=O)NCCC(=O)O. The number of H-pyrrole nitrogens is 1. The Morgan fingerprint density at radius 2 is 1.35 bits per heavy atom. The highest BCUT2D eigenvalue weighted by Crippen LogP contribution is 2.56. The van der Waals surface area contributed by atoms with E-state index in [4.69, 9.17) is 11.5 Å². The van der Waals surface area contributed by atoms with E-state index < -0.39 is 72.1 Å². The summed E-state index contributed by atoms with van der Waals surface area (Å²) in [6, 6.07) is 10.8. The number of amides is 5. The van der Waals surface area contributed by atoms with Crippen molar-refractivity contribution in [1.29, 1.82) is 0 Å². The first-order valence-electron chi connectivity index (χ1n) is 23.5. The molecule has 5 atom stereocenters. The van der Waals surface area contributed by atoms with Gasteiger partial charge in [0.25, 0.3) is 0 Å². The van der Waals surface area contributed by atoms with Gasteiger partial charge < -0.3 is 47.9 Å². The summed E-state index contributed by atoms with van der Waals surface area (Å²) in [6.07, 6.45) is 6.67. The van der Waals surface area contributed by atoms with Crippen LogP contribution in [0.15, 0.2) is 60.8 Å². The van der Waals surface area contributed by atoms with Crippen LogP contribution in [0.25, 0.3) is 10.9 Å². The van der Waals surface area contributed by atoms with Gasteiger partial charge in [0.15, 0.2) is 0 Å². The normalized spacial score (nSPS) is 22.0. The van der Waals surface area contributed by atoms with Gasteiger partial charge in [-0.05, 0) is 97.6 Å². The second-order valence-electron chi connectivity index (χ2n) is 19.4. The van der Waals surface area contributed by atoms with Gasteiger partial charge in [-0.3, -0.25) is 38.5 Å². The van der Waals surface area contributed by atoms with Crippen molar-refractivity contribution in [3.8, 4) is 0 Å². The van der Waals surface area contributed by atoms with Crippen molar-refractivity contribution in [3.05, 3.63) is 71.9 Å². The molecule has 11 N–H and O–H groups in total. The first-order chi connectivity index (χ1) is 31.5. The number of carbonyl (C=O) groups excluding carboxylic acids is 5. The average molecular weight is 913 g/mol. The Hall–Kier alpha value is -5.81. The van der Waals surface area contributed by atoms with Gasteiger partial charge >= 0.3 is 11.9 Å². The van der Waals surface area contributed by atoms with Crippen LogP contribution in [0.3, 0.4) is 0 Å². The highest BCUT2D eigenvalue weighted by Gasteiger charge is 2.49. The molecule has 1 heterocycles. The molecule has 3 aromatic rings. The van der Waals surface area contributed by atoms with Gasteiger partial charge in [0.2, 0.25) is 29.5 Å². The largest absolute Gasteiger partial charge is 0.481 e. The molecule has 4 fully saturated rings. The maximum absolute atomic E-state index is 14.7. The van der Waals surface area contributed by atoms with Crippen molar-refractivity contribution in [2.45, 2.75) is 121 Å². The number of hydrogen-bond acceptors (Lipinski definition) is 9. The highest BCUT2D eigenvalue weighted by atomic mass is 16.4. The predicted octanol–water partition coefficient (Wildman–Crippen LogP) is 2.85. The Bertz CT molecular complexity index is 2150. The number of aliphatic carboxylic acids is 2. The summed E-state index contributed by atoms with van der Waals surface area (Å²) in [5.74, 6) is -3.06. The summed E-state index contributed by atoms with van der Waals surface area (Å²) in [6.45, 7) is 4.69. The van der Waals surface area contributed by atoms with E-state index in [1.807, 2.05) is 29.2 Å². The van der Waals surface area contributed by atoms with Crippen LogP contribution < -0.4 is 32.7 Å². The Morgan fingerprint density at radius 1 is 0.742 bits per heavy atom.